The van der Waals surface area contributed by atoms with Crippen molar-refractivity contribution in [2.75, 3.05) is 10.6 Å². The first-order valence-corrected chi connectivity index (χ1v) is 10.3. The van der Waals surface area contributed by atoms with Gasteiger partial charge in [-0.25, -0.2) is 0 Å². The van der Waals surface area contributed by atoms with Gasteiger partial charge in [0, 0.05) is 24.3 Å². The molecule has 4 aliphatic carbocycles. The highest BCUT2D eigenvalue weighted by molar-refractivity contribution is 5.97. The summed E-state index contributed by atoms with van der Waals surface area (Å²) in [6, 6.07) is 7.84. The van der Waals surface area contributed by atoms with Gasteiger partial charge >= 0.3 is 0 Å². The number of aromatic nitrogens is 2. The molecule has 0 radical (unpaired) electrons. The molecule has 1 heterocycles. The predicted octanol–water partition coefficient (Wildman–Crippen LogP) is 3.47. The molecule has 148 valence electrons. The van der Waals surface area contributed by atoms with Crippen LogP contribution in [0.5, 0.6) is 0 Å². The zero-order valence-electron chi connectivity index (χ0n) is 16.3. The summed E-state index contributed by atoms with van der Waals surface area (Å²) in [5.74, 6) is 2.13. The number of hydrogen-bond donors (Lipinski definition) is 3. The number of amides is 1. The molecule has 3 N–H and O–H groups in total. The molecule has 28 heavy (non-hydrogen) atoms. The number of anilines is 2. The Balaban J connectivity index is 1.34. The van der Waals surface area contributed by atoms with E-state index >= 15 is 0 Å². The molecule has 1 amide bonds. The second kappa shape index (κ2) is 6.62. The molecule has 1 aromatic carbocycles. The highest BCUT2D eigenvalue weighted by Crippen LogP contribution is 2.56. The normalized spacial score (nSPS) is 31.6. The topological polar surface area (TPSA) is 79.2 Å². The van der Waals surface area contributed by atoms with Crippen molar-refractivity contribution in [2.24, 2.45) is 24.8 Å². The molecule has 6 heteroatoms. The maximum atomic E-state index is 12.6. The summed E-state index contributed by atoms with van der Waals surface area (Å²) in [6.07, 6.45) is 9.84. The number of aliphatic hydroxyl groups is 1. The standard InChI is InChI=1S/C22H28N4O2/c1-26-13-17(12-23-26)20(27)21(28)24-18-4-2-3-5-19(18)25-22-9-14-6-15(10-22)8-16(7-14)11-22/h2-5,12-16,20,25,27H,6-11H2,1H3,(H,24,28)/t14?,15?,16?,20-,22?/m0/s1. The van der Waals surface area contributed by atoms with Gasteiger partial charge in [-0.15, -0.1) is 0 Å². The molecule has 0 saturated heterocycles. The minimum absolute atomic E-state index is 0.164. The van der Waals surface area contributed by atoms with Crippen LogP contribution in [0.2, 0.25) is 0 Å². The molecule has 0 aliphatic heterocycles. The average molecular weight is 380 g/mol. The number of hydrogen-bond acceptors (Lipinski definition) is 4. The van der Waals surface area contributed by atoms with E-state index in [1.165, 1.54) is 44.7 Å². The van der Waals surface area contributed by atoms with Gasteiger partial charge in [-0.1, -0.05) is 12.1 Å². The number of carbonyl (C=O) groups excluding carboxylic acids is 1. The summed E-state index contributed by atoms with van der Waals surface area (Å²) in [6.45, 7) is 0. The van der Waals surface area contributed by atoms with Gasteiger partial charge in [-0.2, -0.15) is 5.10 Å². The van der Waals surface area contributed by atoms with Gasteiger partial charge in [0.1, 0.15) is 0 Å². The first kappa shape index (κ1) is 17.7. The fourth-order valence-corrected chi connectivity index (χ4v) is 6.18. The van der Waals surface area contributed by atoms with E-state index in [4.69, 9.17) is 0 Å². The quantitative estimate of drug-likeness (QED) is 0.742. The van der Waals surface area contributed by atoms with Gasteiger partial charge in [0.2, 0.25) is 0 Å². The number of para-hydroxylation sites is 2. The lowest BCUT2D eigenvalue weighted by atomic mass is 9.53. The lowest BCUT2D eigenvalue weighted by molar-refractivity contribution is -0.124. The Morgan fingerprint density at radius 2 is 1.75 bits per heavy atom. The fourth-order valence-electron chi connectivity index (χ4n) is 6.18. The number of benzene rings is 1. The largest absolute Gasteiger partial charge is 0.378 e. The number of nitrogens with zero attached hydrogens (tertiary/aromatic N) is 2. The van der Waals surface area contributed by atoms with E-state index in [0.29, 0.717) is 5.56 Å². The fraction of sp³-hybridized carbons (Fsp3) is 0.545. The summed E-state index contributed by atoms with van der Waals surface area (Å²) < 4.78 is 1.58. The second-order valence-corrected chi connectivity index (χ2v) is 9.21. The molecular formula is C22H28N4O2. The van der Waals surface area contributed by atoms with Gasteiger partial charge in [0.15, 0.2) is 6.10 Å². The van der Waals surface area contributed by atoms with Crippen LogP contribution in [0.25, 0.3) is 0 Å². The van der Waals surface area contributed by atoms with Crippen molar-refractivity contribution < 1.29 is 9.90 Å². The lowest BCUT2D eigenvalue weighted by Gasteiger charge is -2.57. The van der Waals surface area contributed by atoms with Crippen LogP contribution in [-0.2, 0) is 11.8 Å². The van der Waals surface area contributed by atoms with E-state index in [1.54, 1.807) is 17.9 Å². The molecule has 6 rings (SSSR count). The zero-order chi connectivity index (χ0) is 19.3. The van der Waals surface area contributed by atoms with Crippen molar-refractivity contribution >= 4 is 17.3 Å². The van der Waals surface area contributed by atoms with Crippen LogP contribution < -0.4 is 10.6 Å². The third-order valence-electron chi connectivity index (χ3n) is 6.91. The van der Waals surface area contributed by atoms with Crippen LogP contribution in [0.1, 0.15) is 50.2 Å². The molecule has 4 saturated carbocycles. The van der Waals surface area contributed by atoms with Crippen LogP contribution in [0, 0.1) is 17.8 Å². The van der Waals surface area contributed by atoms with Gasteiger partial charge in [-0.3, -0.25) is 9.48 Å². The molecule has 0 spiro atoms. The van der Waals surface area contributed by atoms with Crippen molar-refractivity contribution in [1.82, 2.24) is 9.78 Å². The van der Waals surface area contributed by atoms with Crippen LogP contribution in [0.3, 0.4) is 0 Å². The minimum Gasteiger partial charge on any atom is -0.378 e. The highest BCUT2D eigenvalue weighted by Gasteiger charge is 2.51. The highest BCUT2D eigenvalue weighted by atomic mass is 16.3. The third-order valence-corrected chi connectivity index (χ3v) is 6.91. The van der Waals surface area contributed by atoms with Crippen molar-refractivity contribution in [3.05, 3.63) is 42.2 Å². The molecule has 0 unspecified atom stereocenters. The minimum atomic E-state index is -1.23. The Labute approximate surface area is 165 Å². The number of nitrogens with one attached hydrogen (secondary N) is 2. The Morgan fingerprint density at radius 3 is 2.32 bits per heavy atom. The molecule has 4 fully saturated rings. The van der Waals surface area contributed by atoms with E-state index in [1.807, 2.05) is 24.3 Å². The first-order chi connectivity index (χ1) is 13.5. The van der Waals surface area contributed by atoms with Gasteiger partial charge < -0.3 is 15.7 Å². The summed E-state index contributed by atoms with van der Waals surface area (Å²) in [7, 11) is 1.76. The van der Waals surface area contributed by atoms with Gasteiger partial charge in [0.05, 0.1) is 17.6 Å². The van der Waals surface area contributed by atoms with Crippen LogP contribution in [0.4, 0.5) is 11.4 Å². The van der Waals surface area contributed by atoms with Crippen molar-refractivity contribution in [1.29, 1.82) is 0 Å². The second-order valence-electron chi connectivity index (χ2n) is 9.21. The third kappa shape index (κ3) is 3.20. The van der Waals surface area contributed by atoms with E-state index in [0.717, 1.165) is 29.1 Å². The Hall–Kier alpha value is -2.34. The number of rotatable bonds is 5. The smallest absolute Gasteiger partial charge is 0.258 e. The summed E-state index contributed by atoms with van der Waals surface area (Å²) in [4.78, 5) is 12.6. The van der Waals surface area contributed by atoms with Crippen molar-refractivity contribution in [3.8, 4) is 0 Å². The SMILES string of the molecule is Cn1cc([C@H](O)C(=O)Nc2ccccc2NC23CC4CC(CC(C4)C2)C3)cn1. The summed E-state index contributed by atoms with van der Waals surface area (Å²) in [5, 5.41) is 21.1. The molecule has 1 atom stereocenters. The Morgan fingerprint density at radius 1 is 1.14 bits per heavy atom. The van der Waals surface area contributed by atoms with Crippen LogP contribution in [0.15, 0.2) is 36.7 Å². The molecule has 1 aromatic heterocycles. The predicted molar refractivity (Wildman–Crippen MR) is 108 cm³/mol. The summed E-state index contributed by atoms with van der Waals surface area (Å²) in [5.41, 5.74) is 2.34. The number of carbonyl (C=O) groups is 1. The van der Waals surface area contributed by atoms with E-state index < -0.39 is 12.0 Å². The lowest BCUT2D eigenvalue weighted by Crippen LogP contribution is -2.54. The first-order valence-electron chi connectivity index (χ1n) is 10.3. The molecule has 4 aliphatic rings. The van der Waals surface area contributed by atoms with Crippen LogP contribution >= 0.6 is 0 Å². The molecule has 2 aromatic rings. The number of aryl methyl sites for hydroxylation is 1. The average Bonchev–Trinajstić information content (AvgIpc) is 3.07. The molecule has 4 bridgehead atoms. The molecule has 6 nitrogen and oxygen atoms in total. The zero-order valence-corrected chi connectivity index (χ0v) is 16.3. The van der Waals surface area contributed by atoms with Crippen LogP contribution in [-0.4, -0.2) is 26.3 Å². The van der Waals surface area contributed by atoms with E-state index in [-0.39, 0.29) is 5.54 Å². The van der Waals surface area contributed by atoms with E-state index in [9.17, 15) is 9.90 Å². The van der Waals surface area contributed by atoms with E-state index in [2.05, 4.69) is 15.7 Å². The monoisotopic (exact) mass is 380 g/mol. The van der Waals surface area contributed by atoms with Gasteiger partial charge in [-0.05, 0) is 68.4 Å². The maximum Gasteiger partial charge on any atom is 0.258 e. The van der Waals surface area contributed by atoms with Crippen molar-refractivity contribution in [2.45, 2.75) is 50.2 Å². The number of aliphatic hydroxyl groups excluding tert-OH is 1. The maximum absolute atomic E-state index is 12.6. The Bertz CT molecular complexity index is 855. The Kier molecular flexibility index (Phi) is 4.19. The summed E-state index contributed by atoms with van der Waals surface area (Å²) >= 11 is 0. The van der Waals surface area contributed by atoms with Gasteiger partial charge in [0.25, 0.3) is 5.91 Å². The van der Waals surface area contributed by atoms with Crippen molar-refractivity contribution in [3.63, 3.8) is 0 Å². The molecular weight excluding hydrogens is 352 g/mol.